The molecule has 0 aliphatic carbocycles. The summed E-state index contributed by atoms with van der Waals surface area (Å²) in [5, 5.41) is 6.68. The van der Waals surface area contributed by atoms with Crippen molar-refractivity contribution in [1.29, 1.82) is 0 Å². The fraction of sp³-hybridized carbons (Fsp3) is 0.357. The number of aliphatic imine (C=N–C) groups is 1. The second-order valence-corrected chi connectivity index (χ2v) is 8.71. The number of nitrogens with one attached hydrogen (secondary N) is 2. The second kappa shape index (κ2) is 12.3. The lowest BCUT2D eigenvalue weighted by atomic mass is 10.00. The number of hydrogen-bond acceptors (Lipinski definition) is 5. The second-order valence-electron chi connectivity index (χ2n) is 8.71. The maximum atomic E-state index is 14.1. The Bertz CT molecular complexity index is 1070. The number of rotatable bonds is 9. The van der Waals surface area contributed by atoms with Gasteiger partial charge < -0.3 is 15.5 Å². The topological polar surface area (TPSA) is 52.5 Å². The first-order chi connectivity index (χ1) is 16.4. The number of pyridine rings is 1. The van der Waals surface area contributed by atoms with Crippen LogP contribution in [-0.4, -0.2) is 62.5 Å². The third-order valence-electron chi connectivity index (χ3n) is 5.65. The SMILES string of the molecule is C=C/C(=C\N(C)C)c1cccc(-c2ccc(/C(C=NC)=C/CC)c(N[C@@H]3CNC[C@@H](F)C3)n2)c1. The summed E-state index contributed by atoms with van der Waals surface area (Å²) in [6.07, 6.45) is 8.37. The molecule has 180 valence electrons. The molecular formula is C28H36FN5. The van der Waals surface area contributed by atoms with E-state index in [1.807, 2.05) is 49.6 Å². The number of nitrogens with zero attached hydrogens (tertiary/aromatic N) is 3. The van der Waals surface area contributed by atoms with Crippen molar-refractivity contribution in [2.45, 2.75) is 32.0 Å². The summed E-state index contributed by atoms with van der Waals surface area (Å²) in [5.41, 5.74) is 5.94. The van der Waals surface area contributed by atoms with E-state index in [0.29, 0.717) is 19.5 Å². The number of aromatic nitrogens is 1. The van der Waals surface area contributed by atoms with Crippen LogP contribution in [0.4, 0.5) is 10.2 Å². The summed E-state index contributed by atoms with van der Waals surface area (Å²) in [7, 11) is 5.75. The van der Waals surface area contributed by atoms with Crippen LogP contribution in [0.2, 0.25) is 0 Å². The van der Waals surface area contributed by atoms with Crippen LogP contribution in [0.25, 0.3) is 22.4 Å². The highest BCUT2D eigenvalue weighted by atomic mass is 19.1. The minimum Gasteiger partial charge on any atom is -0.383 e. The average Bonchev–Trinajstić information content (AvgIpc) is 2.82. The van der Waals surface area contributed by atoms with Crippen molar-refractivity contribution in [3.8, 4) is 11.3 Å². The number of anilines is 1. The van der Waals surface area contributed by atoms with E-state index >= 15 is 0 Å². The van der Waals surface area contributed by atoms with Crippen molar-refractivity contribution in [1.82, 2.24) is 15.2 Å². The predicted octanol–water partition coefficient (Wildman–Crippen LogP) is 5.44. The van der Waals surface area contributed by atoms with Gasteiger partial charge in [-0.15, -0.1) is 0 Å². The summed E-state index contributed by atoms with van der Waals surface area (Å²) in [6, 6.07) is 12.4. The molecule has 1 aromatic heterocycles. The lowest BCUT2D eigenvalue weighted by Crippen LogP contribution is -2.44. The minimum atomic E-state index is -0.863. The molecule has 6 heteroatoms. The fourth-order valence-electron chi connectivity index (χ4n) is 4.13. The summed E-state index contributed by atoms with van der Waals surface area (Å²) in [5.74, 6) is 0.746. The Hall–Kier alpha value is -3.25. The minimum absolute atomic E-state index is 0.0339. The molecule has 2 N–H and O–H groups in total. The van der Waals surface area contributed by atoms with Crippen LogP contribution in [0.3, 0.4) is 0 Å². The molecule has 3 rings (SSSR count). The molecule has 0 radical (unpaired) electrons. The standard InChI is InChI=1S/C28H36FN5/c1-6-9-23(16-30-3)26-12-13-27(33-28(26)32-25-15-24(29)17-31-18-25)22-11-8-10-21(14-22)20(7-2)19-34(4)5/h7-14,16,19,24-25,31H,2,6,15,17-18H2,1,3-5H3,(H,32,33)/b20-19+,23-9+,30-16?/t24-,25-/m0/s1. The van der Waals surface area contributed by atoms with E-state index in [1.165, 1.54) is 0 Å². The first-order valence-electron chi connectivity index (χ1n) is 11.8. The highest BCUT2D eigenvalue weighted by Crippen LogP contribution is 2.29. The maximum absolute atomic E-state index is 14.1. The summed E-state index contributed by atoms with van der Waals surface area (Å²) in [4.78, 5) is 11.3. The molecule has 2 atom stereocenters. The Morgan fingerprint density at radius 2 is 2.09 bits per heavy atom. The molecule has 1 saturated heterocycles. The van der Waals surface area contributed by atoms with Crippen molar-refractivity contribution >= 4 is 23.2 Å². The van der Waals surface area contributed by atoms with Crippen LogP contribution in [0.15, 0.2) is 66.3 Å². The van der Waals surface area contributed by atoms with Gasteiger partial charge in [0.25, 0.3) is 0 Å². The third kappa shape index (κ3) is 6.64. The maximum Gasteiger partial charge on any atom is 0.134 e. The highest BCUT2D eigenvalue weighted by molar-refractivity contribution is 6.11. The Morgan fingerprint density at radius 1 is 1.26 bits per heavy atom. The van der Waals surface area contributed by atoms with Crippen molar-refractivity contribution in [3.05, 3.63) is 72.5 Å². The summed E-state index contributed by atoms with van der Waals surface area (Å²) in [6.45, 7) is 7.17. The van der Waals surface area contributed by atoms with Crippen molar-refractivity contribution in [2.24, 2.45) is 4.99 Å². The zero-order valence-electron chi connectivity index (χ0n) is 20.7. The molecular weight excluding hydrogens is 425 g/mol. The van der Waals surface area contributed by atoms with Gasteiger partial charge in [0.2, 0.25) is 0 Å². The normalized spacial score (nSPS) is 19.3. The highest BCUT2D eigenvalue weighted by Gasteiger charge is 2.23. The number of benzene rings is 1. The Kier molecular flexibility index (Phi) is 9.16. The smallest absolute Gasteiger partial charge is 0.134 e. The summed E-state index contributed by atoms with van der Waals surface area (Å²) >= 11 is 0. The molecule has 2 aromatic rings. The van der Waals surface area contributed by atoms with Crippen LogP contribution >= 0.6 is 0 Å². The molecule has 0 amide bonds. The first kappa shape index (κ1) is 25.4. The Labute approximate surface area is 203 Å². The molecule has 2 heterocycles. The van der Waals surface area contributed by atoms with Gasteiger partial charge in [0.1, 0.15) is 12.0 Å². The fourth-order valence-corrected chi connectivity index (χ4v) is 4.13. The van der Waals surface area contributed by atoms with Gasteiger partial charge in [-0.25, -0.2) is 9.37 Å². The quantitative estimate of drug-likeness (QED) is 0.386. The monoisotopic (exact) mass is 461 g/mol. The molecule has 5 nitrogen and oxygen atoms in total. The zero-order chi connectivity index (χ0) is 24.5. The molecule has 0 saturated carbocycles. The van der Waals surface area contributed by atoms with E-state index in [4.69, 9.17) is 4.98 Å². The Balaban J connectivity index is 2.05. The average molecular weight is 462 g/mol. The predicted molar refractivity (Wildman–Crippen MR) is 144 cm³/mol. The Morgan fingerprint density at radius 3 is 2.76 bits per heavy atom. The summed E-state index contributed by atoms with van der Waals surface area (Å²) < 4.78 is 14.1. The number of hydrogen-bond donors (Lipinski definition) is 2. The van der Waals surface area contributed by atoms with E-state index in [1.54, 1.807) is 7.05 Å². The first-order valence-corrected chi connectivity index (χ1v) is 11.8. The van der Waals surface area contributed by atoms with Gasteiger partial charge in [0, 0.05) is 70.2 Å². The lowest BCUT2D eigenvalue weighted by molar-refractivity contribution is 0.255. The van der Waals surface area contributed by atoms with Gasteiger partial charge in [-0.05, 0) is 41.3 Å². The van der Waals surface area contributed by atoms with Gasteiger partial charge in [-0.2, -0.15) is 0 Å². The molecule has 1 fully saturated rings. The molecule has 34 heavy (non-hydrogen) atoms. The van der Waals surface area contributed by atoms with Crippen LogP contribution in [-0.2, 0) is 0 Å². The van der Waals surface area contributed by atoms with E-state index in [9.17, 15) is 4.39 Å². The third-order valence-corrected chi connectivity index (χ3v) is 5.65. The van der Waals surface area contributed by atoms with Crippen molar-refractivity contribution in [3.63, 3.8) is 0 Å². The number of allylic oxidation sites excluding steroid dienone is 4. The number of alkyl halides is 1. The van der Waals surface area contributed by atoms with E-state index < -0.39 is 6.17 Å². The van der Waals surface area contributed by atoms with Crippen molar-refractivity contribution < 1.29 is 4.39 Å². The van der Waals surface area contributed by atoms with Gasteiger partial charge in [-0.3, -0.25) is 4.99 Å². The van der Waals surface area contributed by atoms with E-state index in [0.717, 1.165) is 45.8 Å². The van der Waals surface area contributed by atoms with Crippen LogP contribution in [0.5, 0.6) is 0 Å². The number of halogens is 1. The molecule has 0 unspecified atom stereocenters. The molecule has 1 aliphatic heterocycles. The molecule has 0 bridgehead atoms. The van der Waals surface area contributed by atoms with Gasteiger partial charge in [0.15, 0.2) is 0 Å². The molecule has 0 spiro atoms. The lowest BCUT2D eigenvalue weighted by Gasteiger charge is -2.28. The van der Waals surface area contributed by atoms with Gasteiger partial charge in [0.05, 0.1) is 5.69 Å². The molecule has 1 aliphatic rings. The van der Waals surface area contributed by atoms with E-state index in [2.05, 4.69) is 59.5 Å². The van der Waals surface area contributed by atoms with Crippen LogP contribution < -0.4 is 10.6 Å². The number of piperidine rings is 1. The van der Waals surface area contributed by atoms with E-state index in [-0.39, 0.29) is 6.04 Å². The van der Waals surface area contributed by atoms with Gasteiger partial charge in [-0.1, -0.05) is 43.9 Å². The van der Waals surface area contributed by atoms with Crippen LogP contribution in [0, 0.1) is 0 Å². The van der Waals surface area contributed by atoms with Gasteiger partial charge >= 0.3 is 0 Å². The molecule has 1 aromatic carbocycles. The largest absolute Gasteiger partial charge is 0.383 e. The van der Waals surface area contributed by atoms with Crippen LogP contribution in [0.1, 0.15) is 30.9 Å². The van der Waals surface area contributed by atoms with Crippen molar-refractivity contribution in [2.75, 3.05) is 39.5 Å². The zero-order valence-corrected chi connectivity index (χ0v) is 20.7.